The van der Waals surface area contributed by atoms with E-state index in [0.717, 1.165) is 11.1 Å². The average molecular weight is 549 g/mol. The van der Waals surface area contributed by atoms with E-state index < -0.39 is 11.9 Å². The van der Waals surface area contributed by atoms with E-state index >= 15 is 0 Å². The maximum absolute atomic E-state index is 13.2. The Morgan fingerprint density at radius 1 is 1.18 bits per heavy atom. The number of aromatic hydroxyl groups is 1. The van der Waals surface area contributed by atoms with Crippen LogP contribution in [0.5, 0.6) is 11.5 Å². The number of carbonyl (C=O) groups excluding carboxylic acids is 3. The van der Waals surface area contributed by atoms with Crippen molar-refractivity contribution in [3.05, 3.63) is 83.1 Å². The van der Waals surface area contributed by atoms with Crippen LogP contribution in [0.2, 0.25) is 0 Å². The molecule has 0 aromatic heterocycles. The van der Waals surface area contributed by atoms with Crippen LogP contribution in [0.1, 0.15) is 34.8 Å². The van der Waals surface area contributed by atoms with E-state index in [-0.39, 0.29) is 48.6 Å². The fourth-order valence-corrected chi connectivity index (χ4v) is 5.18. The molecule has 0 spiro atoms. The molecule has 9 heteroatoms. The number of ether oxygens (including phenoxy) is 2. The highest BCUT2D eigenvalue weighted by atomic mass is 32.2. The van der Waals surface area contributed by atoms with Crippen molar-refractivity contribution < 1.29 is 29.0 Å². The summed E-state index contributed by atoms with van der Waals surface area (Å²) < 4.78 is 10.9. The average Bonchev–Trinajstić information content (AvgIpc) is 3.36. The van der Waals surface area contributed by atoms with E-state index in [1.165, 1.54) is 17.8 Å². The summed E-state index contributed by atoms with van der Waals surface area (Å²) in [5.41, 5.74) is 2.32. The van der Waals surface area contributed by atoms with Gasteiger partial charge in [0.2, 0.25) is 0 Å². The van der Waals surface area contributed by atoms with Crippen LogP contribution in [0.3, 0.4) is 0 Å². The van der Waals surface area contributed by atoms with Crippen molar-refractivity contribution in [3.63, 3.8) is 0 Å². The number of fused-ring (bicyclic) bond motifs is 1. The monoisotopic (exact) mass is 548 g/mol. The van der Waals surface area contributed by atoms with Gasteiger partial charge >= 0.3 is 5.97 Å². The summed E-state index contributed by atoms with van der Waals surface area (Å²) in [6.07, 6.45) is 8.34. The molecule has 8 nitrogen and oxygen atoms in total. The molecule has 2 aromatic carbocycles. The third kappa shape index (κ3) is 6.60. The van der Waals surface area contributed by atoms with E-state index in [9.17, 15) is 19.5 Å². The number of carbonyl (C=O) groups is 3. The van der Waals surface area contributed by atoms with Crippen LogP contribution in [0.4, 0.5) is 0 Å². The van der Waals surface area contributed by atoms with Crippen molar-refractivity contribution >= 4 is 34.3 Å². The lowest BCUT2D eigenvalue weighted by Gasteiger charge is -2.23. The summed E-state index contributed by atoms with van der Waals surface area (Å²) in [6.45, 7) is 2.11. The lowest BCUT2D eigenvalue weighted by atomic mass is 9.84. The predicted octanol–water partition coefficient (Wildman–Crippen LogP) is 4.56. The molecule has 0 amide bonds. The number of nitrogens with zero attached hydrogens (tertiary/aromatic N) is 1. The van der Waals surface area contributed by atoms with Crippen LogP contribution in [-0.2, 0) is 27.4 Å². The molecule has 204 valence electrons. The largest absolute Gasteiger partial charge is 0.507 e. The summed E-state index contributed by atoms with van der Waals surface area (Å²) in [7, 11) is 0. The molecule has 0 bridgehead atoms. The molecular formula is C30H32N2O6S. The van der Waals surface area contributed by atoms with Gasteiger partial charge in [-0.2, -0.15) is 0 Å². The zero-order chi connectivity index (χ0) is 27.9. The summed E-state index contributed by atoms with van der Waals surface area (Å²) in [5.74, 6) is -1.61. The molecule has 4 rings (SSSR count). The van der Waals surface area contributed by atoms with Crippen LogP contribution in [0.15, 0.2) is 66.4 Å². The highest BCUT2D eigenvalue weighted by molar-refractivity contribution is 8.13. The molecule has 2 atom stereocenters. The molecule has 39 heavy (non-hydrogen) atoms. The Hall–Kier alpha value is -3.85. The molecule has 0 radical (unpaired) electrons. The van der Waals surface area contributed by atoms with Gasteiger partial charge in [0.15, 0.2) is 18.2 Å². The summed E-state index contributed by atoms with van der Waals surface area (Å²) >= 11 is 1.25. The molecule has 2 unspecified atom stereocenters. The number of phenols is 1. The third-order valence-electron chi connectivity index (χ3n) is 6.76. The molecule has 0 fully saturated rings. The van der Waals surface area contributed by atoms with Crippen molar-refractivity contribution in [1.29, 1.82) is 5.41 Å². The standard InChI is InChI=1S/C30H32N2O6S/c1-3-7-22-26(37-18-27(34)38-17-19-8-5-4-6-9-19)13-12-21(28(22)35)25(33)16-32-14-20-10-11-23(30(31)39-2)29(36)24(20)15-32/h4-6,8-14,23-24,31,35H,3,7,15-18H2,1-2H3. The number of allylic oxidation sites excluding steroid dienone is 2. The van der Waals surface area contributed by atoms with Gasteiger partial charge in [-0.25, -0.2) is 4.79 Å². The summed E-state index contributed by atoms with van der Waals surface area (Å²) in [4.78, 5) is 40.1. The Morgan fingerprint density at radius 3 is 2.67 bits per heavy atom. The van der Waals surface area contributed by atoms with Crippen LogP contribution in [-0.4, -0.2) is 58.5 Å². The highest BCUT2D eigenvalue weighted by Gasteiger charge is 2.38. The Bertz CT molecular complexity index is 1320. The minimum atomic E-state index is -0.540. The second-order valence-electron chi connectivity index (χ2n) is 9.47. The van der Waals surface area contributed by atoms with Crippen LogP contribution < -0.4 is 4.74 Å². The summed E-state index contributed by atoms with van der Waals surface area (Å²) in [5, 5.41) is 19.3. The first kappa shape index (κ1) is 28.2. The fourth-order valence-electron chi connectivity index (χ4n) is 4.74. The zero-order valence-electron chi connectivity index (χ0n) is 22.0. The van der Waals surface area contributed by atoms with Gasteiger partial charge in [-0.1, -0.05) is 55.8 Å². The first-order chi connectivity index (χ1) is 18.8. The Kier molecular flexibility index (Phi) is 9.24. The minimum absolute atomic E-state index is 0.00307. The third-order valence-corrected chi connectivity index (χ3v) is 7.45. The minimum Gasteiger partial charge on any atom is -0.507 e. The van der Waals surface area contributed by atoms with Crippen molar-refractivity contribution in [1.82, 2.24) is 4.90 Å². The van der Waals surface area contributed by atoms with E-state index in [1.807, 2.05) is 43.3 Å². The number of esters is 1. The van der Waals surface area contributed by atoms with Gasteiger partial charge in [0.25, 0.3) is 0 Å². The molecule has 1 heterocycles. The first-order valence-electron chi connectivity index (χ1n) is 12.8. The van der Waals surface area contributed by atoms with Crippen molar-refractivity contribution in [3.8, 4) is 11.5 Å². The van der Waals surface area contributed by atoms with Gasteiger partial charge in [-0.3, -0.25) is 15.0 Å². The lowest BCUT2D eigenvalue weighted by Crippen LogP contribution is -2.34. The second kappa shape index (κ2) is 12.8. The molecule has 2 aliphatic rings. The van der Waals surface area contributed by atoms with Crippen LogP contribution in [0, 0.1) is 17.2 Å². The molecule has 2 N–H and O–H groups in total. The topological polar surface area (TPSA) is 117 Å². The number of hydrogen-bond acceptors (Lipinski definition) is 9. The quantitative estimate of drug-likeness (QED) is 0.182. The van der Waals surface area contributed by atoms with Crippen molar-refractivity contribution in [2.75, 3.05) is 26.0 Å². The summed E-state index contributed by atoms with van der Waals surface area (Å²) in [6, 6.07) is 12.4. The number of phenolic OH excluding ortho intramolecular Hbond substituents is 1. The number of benzene rings is 2. The Morgan fingerprint density at radius 2 is 1.95 bits per heavy atom. The highest BCUT2D eigenvalue weighted by Crippen LogP contribution is 2.35. The molecule has 1 aliphatic heterocycles. The fraction of sp³-hybridized carbons (Fsp3) is 0.333. The van der Waals surface area contributed by atoms with Gasteiger partial charge in [-0.15, -0.1) is 11.8 Å². The molecular weight excluding hydrogens is 516 g/mol. The number of ketones is 2. The number of rotatable bonds is 11. The van der Waals surface area contributed by atoms with Gasteiger partial charge in [0, 0.05) is 18.3 Å². The maximum atomic E-state index is 13.2. The number of Topliss-reactive ketones (excluding diaryl/α,β-unsaturated/α-hetero) is 2. The number of hydrogen-bond donors (Lipinski definition) is 2. The normalized spacial score (nSPS) is 17.9. The van der Waals surface area contributed by atoms with Crippen LogP contribution in [0.25, 0.3) is 0 Å². The Balaban J connectivity index is 1.39. The molecule has 2 aromatic rings. The van der Waals surface area contributed by atoms with Gasteiger partial charge < -0.3 is 19.5 Å². The molecule has 0 saturated heterocycles. The lowest BCUT2D eigenvalue weighted by molar-refractivity contribution is -0.147. The Labute approximate surface area is 232 Å². The smallest absolute Gasteiger partial charge is 0.344 e. The first-order valence-corrected chi connectivity index (χ1v) is 14.0. The van der Waals surface area contributed by atoms with E-state index in [0.29, 0.717) is 35.7 Å². The number of nitrogens with one attached hydrogen (secondary N) is 1. The van der Waals surface area contributed by atoms with Crippen molar-refractivity contribution in [2.45, 2.75) is 26.4 Å². The van der Waals surface area contributed by atoms with Crippen LogP contribution >= 0.6 is 11.8 Å². The predicted molar refractivity (Wildman–Crippen MR) is 150 cm³/mol. The van der Waals surface area contributed by atoms with E-state index in [1.54, 1.807) is 29.5 Å². The van der Waals surface area contributed by atoms with Gasteiger partial charge in [-0.05, 0) is 35.9 Å². The SMILES string of the molecule is CCCc1c(OCC(=O)OCc2ccccc2)ccc(C(=O)CN2C=C3C=CC(C(=N)SC)C(=O)C3C2)c1O. The van der Waals surface area contributed by atoms with E-state index in [4.69, 9.17) is 14.9 Å². The molecule has 1 aliphatic carbocycles. The van der Waals surface area contributed by atoms with E-state index in [2.05, 4.69) is 0 Å². The van der Waals surface area contributed by atoms with Gasteiger partial charge in [0.05, 0.1) is 29.0 Å². The maximum Gasteiger partial charge on any atom is 0.344 e. The zero-order valence-corrected chi connectivity index (χ0v) is 22.8. The molecule has 0 saturated carbocycles. The second-order valence-corrected chi connectivity index (χ2v) is 10.3. The number of thioether (sulfide) groups is 1. The van der Waals surface area contributed by atoms with Gasteiger partial charge in [0.1, 0.15) is 18.1 Å². The van der Waals surface area contributed by atoms with Crippen molar-refractivity contribution in [2.24, 2.45) is 11.8 Å².